The van der Waals surface area contributed by atoms with Crippen LogP contribution in [0.15, 0.2) is 18.3 Å². The Kier molecular flexibility index (Phi) is 2.08. The van der Waals surface area contributed by atoms with E-state index in [1.807, 2.05) is 29.9 Å². The van der Waals surface area contributed by atoms with Crippen molar-refractivity contribution in [2.24, 2.45) is 7.05 Å². The summed E-state index contributed by atoms with van der Waals surface area (Å²) in [6.45, 7) is 0. The predicted octanol–water partition coefficient (Wildman–Crippen LogP) is 1.31. The molecule has 70 valence electrons. The first kappa shape index (κ1) is 8.35. The third-order valence-corrected chi connectivity index (χ3v) is 2.62. The highest BCUT2D eigenvalue weighted by Gasteiger charge is 2.20. The van der Waals surface area contributed by atoms with E-state index in [2.05, 4.69) is 5.32 Å². The Morgan fingerprint density at radius 1 is 1.62 bits per heavy atom. The van der Waals surface area contributed by atoms with Crippen molar-refractivity contribution in [1.29, 1.82) is 0 Å². The molecule has 1 fully saturated rings. The molecule has 1 aromatic heterocycles. The molecule has 1 aromatic rings. The average molecular weight is 178 g/mol. The van der Waals surface area contributed by atoms with Gasteiger partial charge in [0.2, 0.25) is 0 Å². The van der Waals surface area contributed by atoms with E-state index in [1.54, 1.807) is 0 Å². The molecule has 1 N–H and O–H groups in total. The van der Waals surface area contributed by atoms with Crippen LogP contribution in [0, 0.1) is 0 Å². The van der Waals surface area contributed by atoms with Gasteiger partial charge in [-0.1, -0.05) is 0 Å². The molecule has 2 rings (SSSR count). The van der Waals surface area contributed by atoms with Crippen molar-refractivity contribution < 1.29 is 4.79 Å². The van der Waals surface area contributed by atoms with E-state index in [-0.39, 0.29) is 5.91 Å². The molecule has 0 saturated heterocycles. The summed E-state index contributed by atoms with van der Waals surface area (Å²) in [5.74, 6) is 0.0530. The standard InChI is InChI=1S/C10H14N2O/c1-12-7-3-6-9(12)10(13)11-8-4-2-5-8/h3,6-8H,2,4-5H2,1H3,(H,11,13). The third kappa shape index (κ3) is 1.59. The van der Waals surface area contributed by atoms with Crippen molar-refractivity contribution in [2.75, 3.05) is 0 Å². The van der Waals surface area contributed by atoms with Gasteiger partial charge in [-0.05, 0) is 31.4 Å². The Morgan fingerprint density at radius 2 is 2.38 bits per heavy atom. The number of hydrogen-bond acceptors (Lipinski definition) is 1. The van der Waals surface area contributed by atoms with Crippen LogP contribution in [0.25, 0.3) is 0 Å². The van der Waals surface area contributed by atoms with Gasteiger partial charge in [0.25, 0.3) is 5.91 Å². The predicted molar refractivity (Wildman–Crippen MR) is 50.5 cm³/mol. The molecule has 0 atom stereocenters. The Morgan fingerprint density at radius 3 is 2.85 bits per heavy atom. The molecular formula is C10H14N2O. The third-order valence-electron chi connectivity index (χ3n) is 2.62. The lowest BCUT2D eigenvalue weighted by Crippen LogP contribution is -2.40. The fraction of sp³-hybridized carbons (Fsp3) is 0.500. The summed E-state index contributed by atoms with van der Waals surface area (Å²) in [5, 5.41) is 3.00. The second-order valence-corrected chi connectivity index (χ2v) is 3.61. The molecule has 3 heteroatoms. The molecule has 1 amide bonds. The summed E-state index contributed by atoms with van der Waals surface area (Å²) in [6, 6.07) is 4.14. The summed E-state index contributed by atoms with van der Waals surface area (Å²) in [5.41, 5.74) is 0.743. The first-order valence-corrected chi connectivity index (χ1v) is 4.69. The van der Waals surface area contributed by atoms with Crippen molar-refractivity contribution in [3.8, 4) is 0 Å². The second-order valence-electron chi connectivity index (χ2n) is 3.61. The van der Waals surface area contributed by atoms with E-state index < -0.39 is 0 Å². The number of carbonyl (C=O) groups is 1. The number of hydrogen-bond donors (Lipinski definition) is 1. The van der Waals surface area contributed by atoms with Gasteiger partial charge in [0.1, 0.15) is 5.69 Å². The minimum Gasteiger partial charge on any atom is -0.348 e. The molecule has 0 spiro atoms. The first-order chi connectivity index (χ1) is 6.27. The summed E-state index contributed by atoms with van der Waals surface area (Å²) in [4.78, 5) is 11.6. The zero-order valence-corrected chi connectivity index (χ0v) is 7.79. The molecule has 1 aliphatic carbocycles. The van der Waals surface area contributed by atoms with Gasteiger partial charge in [0.05, 0.1) is 0 Å². The number of aromatic nitrogens is 1. The highest BCUT2D eigenvalue weighted by atomic mass is 16.2. The minimum atomic E-state index is 0.0530. The van der Waals surface area contributed by atoms with Gasteiger partial charge in [0, 0.05) is 19.3 Å². The molecule has 0 radical (unpaired) electrons. The van der Waals surface area contributed by atoms with Crippen molar-refractivity contribution in [3.05, 3.63) is 24.0 Å². The summed E-state index contributed by atoms with van der Waals surface area (Å²) in [6.07, 6.45) is 5.40. The van der Waals surface area contributed by atoms with E-state index >= 15 is 0 Å². The van der Waals surface area contributed by atoms with Crippen molar-refractivity contribution >= 4 is 5.91 Å². The fourth-order valence-electron chi connectivity index (χ4n) is 1.51. The maximum atomic E-state index is 11.6. The number of carbonyl (C=O) groups excluding carboxylic acids is 1. The smallest absolute Gasteiger partial charge is 0.268 e. The van der Waals surface area contributed by atoms with Crippen molar-refractivity contribution in [1.82, 2.24) is 9.88 Å². The van der Waals surface area contributed by atoms with E-state index in [9.17, 15) is 4.79 Å². The van der Waals surface area contributed by atoms with Crippen LogP contribution in [0.1, 0.15) is 29.8 Å². The van der Waals surface area contributed by atoms with E-state index in [4.69, 9.17) is 0 Å². The number of rotatable bonds is 2. The van der Waals surface area contributed by atoms with E-state index in [0.29, 0.717) is 6.04 Å². The number of aryl methyl sites for hydroxylation is 1. The Hall–Kier alpha value is -1.25. The molecule has 0 aromatic carbocycles. The van der Waals surface area contributed by atoms with Gasteiger partial charge in [0.15, 0.2) is 0 Å². The molecule has 1 saturated carbocycles. The zero-order valence-electron chi connectivity index (χ0n) is 7.79. The Bertz CT molecular complexity index is 312. The number of amides is 1. The van der Waals surface area contributed by atoms with Gasteiger partial charge in [-0.3, -0.25) is 4.79 Å². The van der Waals surface area contributed by atoms with Crippen LogP contribution < -0.4 is 5.32 Å². The normalized spacial score (nSPS) is 16.7. The van der Waals surface area contributed by atoms with E-state index in [0.717, 1.165) is 18.5 Å². The highest BCUT2D eigenvalue weighted by Crippen LogP contribution is 2.18. The second kappa shape index (κ2) is 3.24. The summed E-state index contributed by atoms with van der Waals surface area (Å²) >= 11 is 0. The zero-order chi connectivity index (χ0) is 9.26. The molecular weight excluding hydrogens is 164 g/mol. The fourth-order valence-corrected chi connectivity index (χ4v) is 1.51. The van der Waals surface area contributed by atoms with Crippen LogP contribution in [-0.4, -0.2) is 16.5 Å². The summed E-state index contributed by atoms with van der Waals surface area (Å²) < 4.78 is 1.84. The first-order valence-electron chi connectivity index (χ1n) is 4.69. The van der Waals surface area contributed by atoms with Crippen LogP contribution in [0.2, 0.25) is 0 Å². The average Bonchev–Trinajstić information content (AvgIpc) is 2.43. The van der Waals surface area contributed by atoms with Crippen LogP contribution in [0.4, 0.5) is 0 Å². The topological polar surface area (TPSA) is 34.0 Å². The lowest BCUT2D eigenvalue weighted by molar-refractivity contribution is 0.0908. The minimum absolute atomic E-state index is 0.0530. The molecule has 3 nitrogen and oxygen atoms in total. The van der Waals surface area contributed by atoms with Crippen LogP contribution in [0.3, 0.4) is 0 Å². The molecule has 1 heterocycles. The van der Waals surface area contributed by atoms with Gasteiger partial charge in [-0.15, -0.1) is 0 Å². The lowest BCUT2D eigenvalue weighted by atomic mass is 9.93. The van der Waals surface area contributed by atoms with Gasteiger partial charge in [-0.25, -0.2) is 0 Å². The Balaban J connectivity index is 2.00. The number of nitrogens with one attached hydrogen (secondary N) is 1. The molecule has 0 unspecified atom stereocenters. The van der Waals surface area contributed by atoms with Gasteiger partial charge in [-0.2, -0.15) is 0 Å². The molecule has 1 aliphatic rings. The maximum absolute atomic E-state index is 11.6. The largest absolute Gasteiger partial charge is 0.348 e. The highest BCUT2D eigenvalue weighted by molar-refractivity contribution is 5.92. The van der Waals surface area contributed by atoms with Crippen LogP contribution in [-0.2, 0) is 7.05 Å². The Labute approximate surface area is 77.7 Å². The SMILES string of the molecule is Cn1cccc1C(=O)NC1CCC1. The maximum Gasteiger partial charge on any atom is 0.268 e. The van der Waals surface area contributed by atoms with Crippen LogP contribution in [0.5, 0.6) is 0 Å². The quantitative estimate of drug-likeness (QED) is 0.727. The van der Waals surface area contributed by atoms with Gasteiger partial charge >= 0.3 is 0 Å². The van der Waals surface area contributed by atoms with Gasteiger partial charge < -0.3 is 9.88 Å². The monoisotopic (exact) mass is 178 g/mol. The molecule has 0 bridgehead atoms. The van der Waals surface area contributed by atoms with Crippen LogP contribution >= 0.6 is 0 Å². The molecule has 13 heavy (non-hydrogen) atoms. The molecule has 0 aliphatic heterocycles. The number of nitrogens with zero attached hydrogens (tertiary/aromatic N) is 1. The van der Waals surface area contributed by atoms with E-state index in [1.165, 1.54) is 6.42 Å². The van der Waals surface area contributed by atoms with Crippen molar-refractivity contribution in [3.63, 3.8) is 0 Å². The summed E-state index contributed by atoms with van der Waals surface area (Å²) in [7, 11) is 1.88. The van der Waals surface area contributed by atoms with Crippen molar-refractivity contribution in [2.45, 2.75) is 25.3 Å². The lowest BCUT2D eigenvalue weighted by Gasteiger charge is -2.26.